The van der Waals surface area contributed by atoms with Crippen LogP contribution in [0.15, 0.2) is 71.2 Å². The summed E-state index contributed by atoms with van der Waals surface area (Å²) in [6, 6.07) is 12.3. The van der Waals surface area contributed by atoms with E-state index in [0.29, 0.717) is 5.56 Å². The van der Waals surface area contributed by atoms with Gasteiger partial charge < -0.3 is 36.0 Å². The van der Waals surface area contributed by atoms with E-state index in [2.05, 4.69) is 0 Å². The van der Waals surface area contributed by atoms with Crippen molar-refractivity contribution in [2.75, 3.05) is 20.7 Å². The molecule has 210 valence electrons. The number of aliphatic hydroxyl groups is 4. The van der Waals surface area contributed by atoms with E-state index in [4.69, 9.17) is 10.5 Å². The summed E-state index contributed by atoms with van der Waals surface area (Å²) in [6.45, 7) is 0.113. The number of benzene rings is 2. The van der Waals surface area contributed by atoms with Crippen molar-refractivity contribution in [1.29, 1.82) is 0 Å². The Morgan fingerprint density at radius 1 is 1.05 bits per heavy atom. The van der Waals surface area contributed by atoms with E-state index in [1.807, 2.05) is 30.3 Å². The van der Waals surface area contributed by atoms with Gasteiger partial charge >= 0.3 is 0 Å². The Labute approximate surface area is 229 Å². The Hall–Kier alpha value is -4.03. The minimum atomic E-state index is -2.97. The topological polar surface area (TPSA) is 191 Å². The molecule has 2 aromatic carbocycles. The first-order chi connectivity index (χ1) is 18.9. The van der Waals surface area contributed by atoms with E-state index in [1.54, 1.807) is 6.07 Å². The van der Waals surface area contributed by atoms with Crippen molar-refractivity contribution >= 4 is 17.5 Å². The quantitative estimate of drug-likeness (QED) is 0.281. The van der Waals surface area contributed by atoms with Gasteiger partial charge in [-0.25, -0.2) is 0 Å². The van der Waals surface area contributed by atoms with Crippen molar-refractivity contribution in [2.45, 2.75) is 30.3 Å². The average Bonchev–Trinajstić information content (AvgIpc) is 2.90. The van der Waals surface area contributed by atoms with Crippen molar-refractivity contribution < 1.29 is 44.7 Å². The fourth-order valence-electron chi connectivity index (χ4n) is 6.48. The molecule has 5 rings (SSSR count). The van der Waals surface area contributed by atoms with Crippen molar-refractivity contribution in [3.63, 3.8) is 0 Å². The Morgan fingerprint density at radius 2 is 1.73 bits per heavy atom. The number of ketones is 2. The second kappa shape index (κ2) is 9.86. The number of aromatic hydroxyl groups is 1. The van der Waals surface area contributed by atoms with Gasteiger partial charge in [0.25, 0.3) is 5.91 Å². The highest BCUT2D eigenvalue weighted by molar-refractivity contribution is 6.25. The number of carbonyl (C=O) groups excluding carboxylic acids is 3. The second-order valence-corrected chi connectivity index (χ2v) is 10.6. The first kappa shape index (κ1) is 27.5. The summed E-state index contributed by atoms with van der Waals surface area (Å²) in [7, 11) is 2.97. The van der Waals surface area contributed by atoms with Gasteiger partial charge in [0.2, 0.25) is 5.78 Å². The number of phenolic OH excluding ortho intramolecular Hbond substituents is 1. The van der Waals surface area contributed by atoms with Crippen LogP contribution in [0.4, 0.5) is 0 Å². The van der Waals surface area contributed by atoms with Crippen molar-refractivity contribution in [3.8, 4) is 5.75 Å². The summed E-state index contributed by atoms with van der Waals surface area (Å²) in [5, 5.41) is 56.8. The van der Waals surface area contributed by atoms with Gasteiger partial charge in [-0.3, -0.25) is 19.3 Å². The van der Waals surface area contributed by atoms with Gasteiger partial charge in [0.15, 0.2) is 11.4 Å². The van der Waals surface area contributed by atoms with Crippen LogP contribution in [0.2, 0.25) is 0 Å². The summed E-state index contributed by atoms with van der Waals surface area (Å²) in [4.78, 5) is 40.8. The number of hydrogen-bond donors (Lipinski definition) is 6. The zero-order valence-corrected chi connectivity index (χ0v) is 21.8. The average molecular weight is 551 g/mol. The fraction of sp³-hybridized carbons (Fsp3) is 0.345. The molecule has 0 spiro atoms. The molecule has 11 heteroatoms. The molecule has 0 saturated carbocycles. The van der Waals surface area contributed by atoms with E-state index in [-0.39, 0.29) is 18.8 Å². The van der Waals surface area contributed by atoms with Crippen LogP contribution in [-0.4, -0.2) is 86.4 Å². The van der Waals surface area contributed by atoms with Crippen LogP contribution in [0, 0.1) is 11.8 Å². The first-order valence-corrected chi connectivity index (χ1v) is 12.7. The minimum absolute atomic E-state index is 0.0722. The van der Waals surface area contributed by atoms with Crippen LogP contribution in [0.25, 0.3) is 0 Å². The normalized spacial score (nSPS) is 29.8. The molecule has 6 atom stereocenters. The smallest absolute Gasteiger partial charge is 0.255 e. The number of nitrogens with two attached hydrogens (primary N) is 1. The molecule has 7 N–H and O–H groups in total. The van der Waals surface area contributed by atoms with Gasteiger partial charge in [0, 0.05) is 17.4 Å². The van der Waals surface area contributed by atoms with Crippen LogP contribution in [0.3, 0.4) is 0 Å². The summed E-state index contributed by atoms with van der Waals surface area (Å²) in [5.41, 5.74) is 2.02. The van der Waals surface area contributed by atoms with E-state index in [9.17, 15) is 39.9 Å². The van der Waals surface area contributed by atoms with Gasteiger partial charge in [0.1, 0.15) is 22.8 Å². The third-order valence-corrected chi connectivity index (χ3v) is 8.21. The molecule has 0 saturated heterocycles. The fourth-order valence-corrected chi connectivity index (χ4v) is 6.48. The maximum Gasteiger partial charge on any atom is 0.255 e. The lowest BCUT2D eigenvalue weighted by Crippen LogP contribution is -2.68. The molecule has 0 bridgehead atoms. The molecule has 0 aromatic heterocycles. The molecule has 40 heavy (non-hydrogen) atoms. The van der Waals surface area contributed by atoms with E-state index in [0.717, 1.165) is 5.56 Å². The maximum atomic E-state index is 13.8. The van der Waals surface area contributed by atoms with Gasteiger partial charge in [-0.1, -0.05) is 42.5 Å². The van der Waals surface area contributed by atoms with E-state index >= 15 is 0 Å². The van der Waals surface area contributed by atoms with E-state index < -0.39 is 81.4 Å². The molecule has 6 unspecified atom stereocenters. The van der Waals surface area contributed by atoms with Gasteiger partial charge in [-0.2, -0.15) is 0 Å². The lowest BCUT2D eigenvalue weighted by atomic mass is 9.55. The lowest BCUT2D eigenvalue weighted by Gasteiger charge is -2.53. The number of carbonyl (C=O) groups is 3. The lowest BCUT2D eigenvalue weighted by molar-refractivity contribution is -0.163. The molecular weight excluding hydrogens is 520 g/mol. The molecule has 0 fully saturated rings. The number of hydrogen-bond acceptors (Lipinski definition) is 10. The zero-order chi connectivity index (χ0) is 29.1. The maximum absolute atomic E-state index is 13.8. The number of aliphatic hydroxyl groups excluding tert-OH is 3. The molecule has 11 nitrogen and oxygen atoms in total. The highest BCUT2D eigenvalue weighted by Crippen LogP contribution is 2.55. The number of ether oxygens (including phenoxy) is 1. The number of likely N-dealkylation sites (N-methyl/N-ethyl adjacent to an activating group) is 1. The predicted molar refractivity (Wildman–Crippen MR) is 140 cm³/mol. The summed E-state index contributed by atoms with van der Waals surface area (Å²) >= 11 is 0. The molecule has 3 aliphatic rings. The Kier molecular flexibility index (Phi) is 6.79. The molecule has 3 aliphatic carbocycles. The molecule has 2 aromatic rings. The third-order valence-electron chi connectivity index (χ3n) is 8.21. The van der Waals surface area contributed by atoms with Crippen molar-refractivity contribution in [1.82, 2.24) is 4.90 Å². The standard InChI is InChI=1S/C29H30N2O9/c1-31(2)22-21-24(34)18-15(12-40-11-13-7-4-3-5-8-13)14-9-6-10-16(32)17(14)23(33)19(18)26(36)29(21,39)27(37)20(25(22)35)28(30)38/h3-10,15,18,21-22,24,32,34-36,39H,11-12H2,1-2H3,(H2,30,38). The number of amides is 1. The summed E-state index contributed by atoms with van der Waals surface area (Å²) in [5.74, 6) is -9.52. The number of rotatable bonds is 6. The Balaban J connectivity index is 1.70. The van der Waals surface area contributed by atoms with Crippen LogP contribution >= 0.6 is 0 Å². The number of phenols is 1. The Morgan fingerprint density at radius 3 is 2.35 bits per heavy atom. The van der Waals surface area contributed by atoms with Crippen molar-refractivity contribution in [3.05, 3.63) is 87.9 Å². The molecule has 0 aliphatic heterocycles. The monoisotopic (exact) mass is 550 g/mol. The summed E-state index contributed by atoms with van der Waals surface area (Å²) < 4.78 is 5.98. The SMILES string of the molecule is CN(C)C1C(O)=C(C(N)=O)C(=O)C2(O)C(O)=C3C(=O)c4c(O)cccc4C(COCc4ccccc4)C3C(O)C12. The number of fused-ring (bicyclic) bond motifs is 3. The molecule has 0 heterocycles. The predicted octanol–water partition coefficient (Wildman–Crippen LogP) is 0.849. The van der Waals surface area contributed by atoms with Crippen molar-refractivity contribution in [2.24, 2.45) is 17.6 Å². The summed E-state index contributed by atoms with van der Waals surface area (Å²) in [6.07, 6.45) is -1.70. The van der Waals surface area contributed by atoms with Crippen LogP contribution in [0.1, 0.15) is 27.4 Å². The zero-order valence-electron chi connectivity index (χ0n) is 21.8. The first-order valence-electron chi connectivity index (χ1n) is 12.7. The van der Waals surface area contributed by atoms with Crippen LogP contribution in [-0.2, 0) is 20.9 Å². The molecular formula is C29H30N2O9. The largest absolute Gasteiger partial charge is 0.510 e. The second-order valence-electron chi connectivity index (χ2n) is 10.6. The number of primary amides is 1. The molecule has 1 amide bonds. The molecule has 0 radical (unpaired) electrons. The minimum Gasteiger partial charge on any atom is -0.510 e. The highest BCUT2D eigenvalue weighted by Gasteiger charge is 2.67. The van der Waals surface area contributed by atoms with Gasteiger partial charge in [-0.15, -0.1) is 0 Å². The van der Waals surface area contributed by atoms with Gasteiger partial charge in [-0.05, 0) is 31.3 Å². The third kappa shape index (κ3) is 3.85. The Bertz CT molecular complexity index is 1470. The number of nitrogens with zero attached hydrogens (tertiary/aromatic N) is 1. The highest BCUT2D eigenvalue weighted by atomic mass is 16.5. The van der Waals surface area contributed by atoms with Gasteiger partial charge in [0.05, 0.1) is 36.8 Å². The van der Waals surface area contributed by atoms with Crippen LogP contribution in [0.5, 0.6) is 5.75 Å². The number of Topliss-reactive ketones (excluding diaryl/α,β-unsaturated/α-hetero) is 2. The van der Waals surface area contributed by atoms with Crippen LogP contribution < -0.4 is 5.73 Å². The van der Waals surface area contributed by atoms with E-state index in [1.165, 1.54) is 31.1 Å².